The van der Waals surface area contributed by atoms with Gasteiger partial charge < -0.3 is 24.4 Å². The van der Waals surface area contributed by atoms with Crippen LogP contribution in [0.2, 0.25) is 0 Å². The zero-order chi connectivity index (χ0) is 22.5. The van der Waals surface area contributed by atoms with Crippen LogP contribution in [0.1, 0.15) is 28.8 Å². The second-order valence-electron chi connectivity index (χ2n) is 7.60. The Balaban J connectivity index is 1.26. The molecule has 1 N–H and O–H groups in total. The molecule has 2 aliphatic rings. The van der Waals surface area contributed by atoms with Gasteiger partial charge in [-0.15, -0.1) is 0 Å². The van der Waals surface area contributed by atoms with E-state index >= 15 is 0 Å². The molecular formula is C24H24N2O6. The first kappa shape index (κ1) is 21.4. The van der Waals surface area contributed by atoms with Crippen molar-refractivity contribution in [1.29, 1.82) is 0 Å². The maximum atomic E-state index is 12.6. The molecule has 0 aromatic heterocycles. The summed E-state index contributed by atoms with van der Waals surface area (Å²) in [6, 6.07) is 12.1. The topological polar surface area (TPSA) is 94.2 Å². The van der Waals surface area contributed by atoms with E-state index in [0.717, 1.165) is 5.56 Å². The average Bonchev–Trinajstić information content (AvgIpc) is 3.30. The summed E-state index contributed by atoms with van der Waals surface area (Å²) in [5.74, 6) is 0.576. The van der Waals surface area contributed by atoms with Crippen LogP contribution in [-0.4, -0.2) is 49.7 Å². The third kappa shape index (κ3) is 4.91. The van der Waals surface area contributed by atoms with E-state index in [1.165, 1.54) is 13.2 Å². The Hall–Kier alpha value is -3.81. The van der Waals surface area contributed by atoms with Gasteiger partial charge in [-0.05, 0) is 48.7 Å². The van der Waals surface area contributed by atoms with Crippen LogP contribution >= 0.6 is 0 Å². The second-order valence-corrected chi connectivity index (χ2v) is 7.60. The van der Waals surface area contributed by atoms with E-state index in [4.69, 9.17) is 9.47 Å². The third-order valence-electron chi connectivity index (χ3n) is 5.57. The van der Waals surface area contributed by atoms with Crippen LogP contribution < -0.4 is 14.8 Å². The predicted octanol–water partition coefficient (Wildman–Crippen LogP) is 3.09. The van der Waals surface area contributed by atoms with Crippen molar-refractivity contribution in [2.24, 2.45) is 5.92 Å². The van der Waals surface area contributed by atoms with Gasteiger partial charge in [0.15, 0.2) is 11.5 Å². The molecule has 2 aromatic rings. The van der Waals surface area contributed by atoms with Crippen molar-refractivity contribution in [3.8, 4) is 11.5 Å². The molecule has 2 aliphatic heterocycles. The van der Waals surface area contributed by atoms with Gasteiger partial charge >= 0.3 is 5.97 Å². The number of methoxy groups -OCH3 is 1. The number of piperidine rings is 1. The number of esters is 1. The molecule has 2 aromatic carbocycles. The van der Waals surface area contributed by atoms with Crippen LogP contribution in [0.4, 0.5) is 5.69 Å². The van der Waals surface area contributed by atoms with Crippen LogP contribution in [0, 0.1) is 5.92 Å². The summed E-state index contributed by atoms with van der Waals surface area (Å²) in [4.78, 5) is 38.3. The molecule has 8 nitrogen and oxygen atoms in total. The zero-order valence-electron chi connectivity index (χ0n) is 17.7. The number of hydrogen-bond acceptors (Lipinski definition) is 6. The lowest BCUT2D eigenvalue weighted by Crippen LogP contribution is -2.40. The minimum Gasteiger partial charge on any atom is -0.465 e. The van der Waals surface area contributed by atoms with E-state index < -0.39 is 5.97 Å². The number of hydrogen-bond donors (Lipinski definition) is 1. The minimum atomic E-state index is -0.401. The van der Waals surface area contributed by atoms with E-state index in [0.29, 0.717) is 48.7 Å². The summed E-state index contributed by atoms with van der Waals surface area (Å²) in [6.45, 7) is 1.22. The summed E-state index contributed by atoms with van der Waals surface area (Å²) in [5.41, 5.74) is 1.93. The summed E-state index contributed by atoms with van der Waals surface area (Å²) in [6.07, 6.45) is 4.43. The number of carbonyl (C=O) groups excluding carboxylic acids is 3. The molecule has 166 valence electrons. The number of amides is 2. The maximum Gasteiger partial charge on any atom is 0.337 e. The van der Waals surface area contributed by atoms with Crippen molar-refractivity contribution in [3.05, 3.63) is 59.7 Å². The van der Waals surface area contributed by atoms with Gasteiger partial charge in [-0.3, -0.25) is 9.59 Å². The highest BCUT2D eigenvalue weighted by atomic mass is 16.7. The van der Waals surface area contributed by atoms with Crippen LogP contribution in [0.15, 0.2) is 48.5 Å². The second kappa shape index (κ2) is 9.55. The molecule has 0 aliphatic carbocycles. The molecule has 0 unspecified atom stereocenters. The smallest absolute Gasteiger partial charge is 0.337 e. The van der Waals surface area contributed by atoms with Gasteiger partial charge in [0.05, 0.1) is 12.7 Å². The van der Waals surface area contributed by atoms with E-state index in [1.54, 1.807) is 53.4 Å². The first-order valence-corrected chi connectivity index (χ1v) is 10.4. The van der Waals surface area contributed by atoms with Gasteiger partial charge in [-0.2, -0.15) is 0 Å². The molecule has 8 heteroatoms. The first-order valence-electron chi connectivity index (χ1n) is 10.4. The van der Waals surface area contributed by atoms with Crippen molar-refractivity contribution in [2.45, 2.75) is 12.8 Å². The Labute approximate surface area is 185 Å². The molecule has 4 rings (SSSR count). The average molecular weight is 436 g/mol. The van der Waals surface area contributed by atoms with Gasteiger partial charge in [0.1, 0.15) is 0 Å². The molecule has 0 spiro atoms. The van der Waals surface area contributed by atoms with Crippen LogP contribution in [-0.2, 0) is 14.3 Å². The van der Waals surface area contributed by atoms with Gasteiger partial charge in [-0.1, -0.05) is 12.1 Å². The molecule has 0 saturated carbocycles. The highest BCUT2D eigenvalue weighted by molar-refractivity contribution is 5.94. The van der Waals surface area contributed by atoms with Crippen molar-refractivity contribution >= 4 is 29.5 Å². The fraction of sp³-hybridized carbons (Fsp3) is 0.292. The Morgan fingerprint density at radius 2 is 1.75 bits per heavy atom. The number of likely N-dealkylation sites (tertiary alicyclic amines) is 1. The molecule has 0 atom stereocenters. The van der Waals surface area contributed by atoms with E-state index in [2.05, 4.69) is 10.1 Å². The fourth-order valence-electron chi connectivity index (χ4n) is 3.70. The lowest BCUT2D eigenvalue weighted by molar-refractivity contribution is -0.130. The highest BCUT2D eigenvalue weighted by Crippen LogP contribution is 2.34. The number of nitrogens with zero attached hydrogens (tertiary/aromatic N) is 1. The Kier molecular flexibility index (Phi) is 6.39. The quantitative estimate of drug-likeness (QED) is 0.572. The SMILES string of the molecule is COC(=O)c1ccc(C=CC(=O)N2CCC(C(=O)Nc3ccc4c(c3)OCO4)CC2)cc1. The Morgan fingerprint density at radius 1 is 1.03 bits per heavy atom. The van der Waals surface area contributed by atoms with E-state index in [-0.39, 0.29) is 24.5 Å². The number of fused-ring (bicyclic) bond motifs is 1. The zero-order valence-corrected chi connectivity index (χ0v) is 17.7. The number of benzene rings is 2. The summed E-state index contributed by atoms with van der Waals surface area (Å²) < 4.78 is 15.3. The summed E-state index contributed by atoms with van der Waals surface area (Å²) in [7, 11) is 1.33. The molecule has 1 fully saturated rings. The monoisotopic (exact) mass is 436 g/mol. The third-order valence-corrected chi connectivity index (χ3v) is 5.57. The molecule has 0 radical (unpaired) electrons. The number of carbonyl (C=O) groups is 3. The molecule has 0 bridgehead atoms. The number of rotatable bonds is 5. The molecule has 2 heterocycles. The van der Waals surface area contributed by atoms with Crippen LogP contribution in [0.5, 0.6) is 11.5 Å². The number of ether oxygens (including phenoxy) is 3. The Bertz CT molecular complexity index is 1040. The van der Waals surface area contributed by atoms with E-state index in [1.807, 2.05) is 0 Å². The fourth-order valence-corrected chi connectivity index (χ4v) is 3.70. The van der Waals surface area contributed by atoms with Gasteiger partial charge in [0.25, 0.3) is 0 Å². The Morgan fingerprint density at radius 3 is 2.47 bits per heavy atom. The normalized spacial score (nSPS) is 15.6. The summed E-state index contributed by atoms with van der Waals surface area (Å²) >= 11 is 0. The van der Waals surface area contributed by atoms with Crippen molar-refractivity contribution in [1.82, 2.24) is 4.90 Å². The van der Waals surface area contributed by atoms with Gasteiger partial charge in [0.2, 0.25) is 18.6 Å². The van der Waals surface area contributed by atoms with Crippen molar-refractivity contribution in [2.75, 3.05) is 32.3 Å². The molecular weight excluding hydrogens is 412 g/mol. The first-order chi connectivity index (χ1) is 15.5. The van der Waals surface area contributed by atoms with E-state index in [9.17, 15) is 14.4 Å². The number of nitrogens with one attached hydrogen (secondary N) is 1. The highest BCUT2D eigenvalue weighted by Gasteiger charge is 2.27. The van der Waals surface area contributed by atoms with Crippen LogP contribution in [0.3, 0.4) is 0 Å². The predicted molar refractivity (Wildman–Crippen MR) is 117 cm³/mol. The minimum absolute atomic E-state index is 0.0581. The maximum absolute atomic E-state index is 12.6. The largest absolute Gasteiger partial charge is 0.465 e. The molecule has 2 amide bonds. The van der Waals surface area contributed by atoms with Gasteiger partial charge in [0, 0.05) is 36.8 Å². The van der Waals surface area contributed by atoms with Gasteiger partial charge in [-0.25, -0.2) is 4.79 Å². The lowest BCUT2D eigenvalue weighted by atomic mass is 9.95. The van der Waals surface area contributed by atoms with Crippen molar-refractivity contribution < 1.29 is 28.6 Å². The lowest BCUT2D eigenvalue weighted by Gasteiger charge is -2.30. The van der Waals surface area contributed by atoms with Crippen molar-refractivity contribution in [3.63, 3.8) is 0 Å². The molecule has 1 saturated heterocycles. The molecule has 32 heavy (non-hydrogen) atoms. The number of anilines is 1. The summed E-state index contributed by atoms with van der Waals surface area (Å²) in [5, 5.41) is 2.92. The van der Waals surface area contributed by atoms with Crippen LogP contribution in [0.25, 0.3) is 6.08 Å². The standard InChI is InChI=1S/C24H24N2O6/c1-30-24(29)18-5-2-16(3-6-18)4-9-22(27)26-12-10-17(11-13-26)23(28)25-19-7-8-20-21(14-19)32-15-31-20/h2-9,14,17H,10-13,15H2,1H3,(H,25,28).